The molecule has 20 heavy (non-hydrogen) atoms. The SMILES string of the molecule is CC(C)(C)C1CCCC(N2CCC(CC(=O)O)C2)CC1. The Balaban J connectivity index is 1.84. The zero-order chi connectivity index (χ0) is 14.8. The second-order valence-corrected chi connectivity index (χ2v) is 7.97. The fourth-order valence-electron chi connectivity index (χ4n) is 4.12. The standard InChI is InChI=1S/C17H31NO2/c1-17(2,3)14-5-4-6-15(8-7-14)18-10-9-13(12-18)11-16(19)20/h13-15H,4-12H2,1-3H3,(H,19,20). The summed E-state index contributed by atoms with van der Waals surface area (Å²) in [5.74, 6) is 0.601. The summed E-state index contributed by atoms with van der Waals surface area (Å²) in [5.41, 5.74) is 0.436. The molecule has 0 aromatic carbocycles. The van der Waals surface area contributed by atoms with Gasteiger partial charge in [-0.25, -0.2) is 0 Å². The van der Waals surface area contributed by atoms with Crippen LogP contribution in [-0.2, 0) is 4.79 Å². The quantitative estimate of drug-likeness (QED) is 0.800. The largest absolute Gasteiger partial charge is 0.481 e. The topological polar surface area (TPSA) is 40.5 Å². The summed E-state index contributed by atoms with van der Waals surface area (Å²) >= 11 is 0. The molecule has 2 rings (SSSR count). The van der Waals surface area contributed by atoms with E-state index in [4.69, 9.17) is 5.11 Å². The van der Waals surface area contributed by atoms with Crippen molar-refractivity contribution in [3.05, 3.63) is 0 Å². The molecule has 1 saturated heterocycles. The number of hydrogen-bond donors (Lipinski definition) is 1. The summed E-state index contributed by atoms with van der Waals surface area (Å²) in [7, 11) is 0. The molecule has 1 heterocycles. The van der Waals surface area contributed by atoms with Gasteiger partial charge < -0.3 is 10.0 Å². The third-order valence-corrected chi connectivity index (χ3v) is 5.46. The highest BCUT2D eigenvalue weighted by molar-refractivity contribution is 5.67. The van der Waals surface area contributed by atoms with Gasteiger partial charge in [-0.3, -0.25) is 4.79 Å². The van der Waals surface area contributed by atoms with Crippen molar-refractivity contribution in [3.63, 3.8) is 0 Å². The summed E-state index contributed by atoms with van der Waals surface area (Å²) in [6, 6.07) is 0.709. The Kier molecular flexibility index (Phi) is 5.11. The van der Waals surface area contributed by atoms with Gasteiger partial charge in [-0.05, 0) is 55.9 Å². The van der Waals surface area contributed by atoms with E-state index in [1.807, 2.05) is 0 Å². The van der Waals surface area contributed by atoms with Gasteiger partial charge >= 0.3 is 5.97 Å². The summed E-state index contributed by atoms with van der Waals surface area (Å²) in [6.45, 7) is 9.24. The van der Waals surface area contributed by atoms with Crippen LogP contribution >= 0.6 is 0 Å². The molecule has 0 aromatic rings. The van der Waals surface area contributed by atoms with Crippen molar-refractivity contribution in [1.82, 2.24) is 4.90 Å². The van der Waals surface area contributed by atoms with Crippen molar-refractivity contribution in [3.8, 4) is 0 Å². The molecule has 0 amide bonds. The lowest BCUT2D eigenvalue weighted by Gasteiger charge is -2.30. The monoisotopic (exact) mass is 281 g/mol. The Morgan fingerprint density at radius 1 is 1.15 bits per heavy atom. The number of carboxylic acid groups (broad SMARTS) is 1. The molecular weight excluding hydrogens is 250 g/mol. The molecule has 0 spiro atoms. The smallest absolute Gasteiger partial charge is 0.303 e. The first-order valence-electron chi connectivity index (χ1n) is 8.32. The van der Waals surface area contributed by atoms with Crippen LogP contribution in [0.2, 0.25) is 0 Å². The van der Waals surface area contributed by atoms with Gasteiger partial charge in [0.1, 0.15) is 0 Å². The highest BCUT2D eigenvalue weighted by Crippen LogP contribution is 2.38. The van der Waals surface area contributed by atoms with E-state index in [2.05, 4.69) is 25.7 Å². The molecule has 1 N–H and O–H groups in total. The Morgan fingerprint density at radius 3 is 2.55 bits per heavy atom. The zero-order valence-corrected chi connectivity index (χ0v) is 13.4. The molecule has 3 unspecified atom stereocenters. The summed E-state index contributed by atoms with van der Waals surface area (Å²) in [5, 5.41) is 8.92. The van der Waals surface area contributed by atoms with Gasteiger partial charge in [-0.2, -0.15) is 0 Å². The summed E-state index contributed by atoms with van der Waals surface area (Å²) in [6.07, 6.45) is 8.10. The second-order valence-electron chi connectivity index (χ2n) is 7.97. The van der Waals surface area contributed by atoms with Crippen LogP contribution in [0, 0.1) is 17.3 Å². The maximum Gasteiger partial charge on any atom is 0.303 e. The highest BCUT2D eigenvalue weighted by atomic mass is 16.4. The maximum absolute atomic E-state index is 10.8. The molecule has 3 atom stereocenters. The van der Waals surface area contributed by atoms with E-state index in [-0.39, 0.29) is 0 Å². The maximum atomic E-state index is 10.8. The lowest BCUT2D eigenvalue weighted by molar-refractivity contribution is -0.138. The van der Waals surface area contributed by atoms with Crippen molar-refractivity contribution in [2.75, 3.05) is 13.1 Å². The van der Waals surface area contributed by atoms with E-state index in [0.717, 1.165) is 25.4 Å². The number of aliphatic carboxylic acids is 1. The van der Waals surface area contributed by atoms with Crippen molar-refractivity contribution in [2.45, 2.75) is 71.8 Å². The predicted octanol–water partition coefficient (Wildman–Crippen LogP) is 3.78. The molecule has 3 nitrogen and oxygen atoms in total. The molecule has 0 aromatic heterocycles. The molecule has 0 bridgehead atoms. The predicted molar refractivity (Wildman–Crippen MR) is 81.8 cm³/mol. The lowest BCUT2D eigenvalue weighted by atomic mass is 9.76. The zero-order valence-electron chi connectivity index (χ0n) is 13.4. The Hall–Kier alpha value is -0.570. The number of rotatable bonds is 3. The van der Waals surface area contributed by atoms with E-state index in [1.54, 1.807) is 0 Å². The van der Waals surface area contributed by atoms with Crippen LogP contribution in [0.25, 0.3) is 0 Å². The molecule has 0 radical (unpaired) electrons. The average Bonchev–Trinajstić information content (AvgIpc) is 2.62. The lowest BCUT2D eigenvalue weighted by Crippen LogP contribution is -2.33. The van der Waals surface area contributed by atoms with Gasteiger partial charge in [0.05, 0.1) is 0 Å². The van der Waals surface area contributed by atoms with E-state index in [1.165, 1.54) is 32.1 Å². The fourth-order valence-corrected chi connectivity index (χ4v) is 4.12. The molecule has 2 aliphatic rings. The number of carbonyl (C=O) groups is 1. The van der Waals surface area contributed by atoms with Gasteiger partial charge in [-0.15, -0.1) is 0 Å². The highest BCUT2D eigenvalue weighted by Gasteiger charge is 2.33. The Morgan fingerprint density at radius 2 is 1.90 bits per heavy atom. The molecule has 1 aliphatic heterocycles. The first-order chi connectivity index (χ1) is 9.36. The van der Waals surface area contributed by atoms with Crippen LogP contribution in [0.4, 0.5) is 0 Å². The van der Waals surface area contributed by atoms with E-state index in [9.17, 15) is 4.79 Å². The Bertz CT molecular complexity index is 334. The first-order valence-corrected chi connectivity index (χ1v) is 8.32. The normalized spacial score (nSPS) is 33.0. The molecule has 1 aliphatic carbocycles. The number of carboxylic acids is 1. The van der Waals surface area contributed by atoms with Crippen LogP contribution in [0.15, 0.2) is 0 Å². The minimum atomic E-state index is -0.634. The number of likely N-dealkylation sites (tertiary alicyclic amines) is 1. The van der Waals surface area contributed by atoms with Crippen molar-refractivity contribution in [1.29, 1.82) is 0 Å². The van der Waals surface area contributed by atoms with Gasteiger partial charge in [0.15, 0.2) is 0 Å². The molecular formula is C17H31NO2. The molecule has 1 saturated carbocycles. The average molecular weight is 281 g/mol. The van der Waals surface area contributed by atoms with E-state index >= 15 is 0 Å². The first kappa shape index (κ1) is 15.8. The Labute approximate surface area is 123 Å². The third-order valence-electron chi connectivity index (χ3n) is 5.46. The molecule has 116 valence electrons. The fraction of sp³-hybridized carbons (Fsp3) is 0.941. The van der Waals surface area contributed by atoms with Crippen molar-refractivity contribution < 1.29 is 9.90 Å². The van der Waals surface area contributed by atoms with Gasteiger partial charge in [0.25, 0.3) is 0 Å². The van der Waals surface area contributed by atoms with Crippen molar-refractivity contribution in [2.24, 2.45) is 17.3 Å². The van der Waals surface area contributed by atoms with E-state index in [0.29, 0.717) is 23.8 Å². The van der Waals surface area contributed by atoms with Crippen LogP contribution in [0.1, 0.15) is 65.7 Å². The minimum Gasteiger partial charge on any atom is -0.481 e. The third kappa shape index (κ3) is 4.21. The molecule has 2 fully saturated rings. The van der Waals surface area contributed by atoms with E-state index < -0.39 is 5.97 Å². The minimum absolute atomic E-state index is 0.355. The van der Waals surface area contributed by atoms with Crippen LogP contribution in [0.3, 0.4) is 0 Å². The summed E-state index contributed by atoms with van der Waals surface area (Å²) in [4.78, 5) is 13.4. The molecule has 3 heteroatoms. The second kappa shape index (κ2) is 6.46. The van der Waals surface area contributed by atoms with Crippen LogP contribution in [-0.4, -0.2) is 35.1 Å². The van der Waals surface area contributed by atoms with Crippen LogP contribution < -0.4 is 0 Å². The van der Waals surface area contributed by atoms with Crippen LogP contribution in [0.5, 0.6) is 0 Å². The number of nitrogens with zero attached hydrogens (tertiary/aromatic N) is 1. The van der Waals surface area contributed by atoms with Crippen molar-refractivity contribution >= 4 is 5.97 Å². The summed E-state index contributed by atoms with van der Waals surface area (Å²) < 4.78 is 0. The van der Waals surface area contributed by atoms with Gasteiger partial charge in [-0.1, -0.05) is 27.2 Å². The van der Waals surface area contributed by atoms with Gasteiger partial charge in [0.2, 0.25) is 0 Å². The number of hydrogen-bond acceptors (Lipinski definition) is 2. The van der Waals surface area contributed by atoms with Gasteiger partial charge in [0, 0.05) is 19.0 Å².